The fraction of sp³-hybridized carbons (Fsp3) is 0.286. The smallest absolute Gasteiger partial charge is 0.271 e. The Morgan fingerprint density at radius 1 is 1.11 bits per heavy atom. The van der Waals surface area contributed by atoms with Gasteiger partial charge in [-0.2, -0.15) is 0 Å². The van der Waals surface area contributed by atoms with Gasteiger partial charge in [-0.3, -0.25) is 4.79 Å². The van der Waals surface area contributed by atoms with Gasteiger partial charge in [0.25, 0.3) is 5.91 Å². The standard InChI is InChI=1S/C21H24N4O2/c1-12-10-14(11-13(2)20(12)27-3)6-4-7-15-8-5-9-16-17(22)19(21(23)26)25-24-18(15)16/h5,8-11H,4,6-7H2,1-3H3,(H2,22,24)(H2,23,26). The van der Waals surface area contributed by atoms with Crippen LogP contribution in [0.5, 0.6) is 5.75 Å². The van der Waals surface area contributed by atoms with Gasteiger partial charge in [0.15, 0.2) is 5.69 Å². The van der Waals surface area contributed by atoms with Crippen LogP contribution in [0.3, 0.4) is 0 Å². The number of benzene rings is 2. The number of aryl methyl sites for hydroxylation is 4. The van der Waals surface area contributed by atoms with Gasteiger partial charge in [-0.1, -0.05) is 30.3 Å². The number of rotatable bonds is 6. The Kier molecular flexibility index (Phi) is 5.26. The first kappa shape index (κ1) is 18.6. The van der Waals surface area contributed by atoms with E-state index < -0.39 is 5.91 Å². The third kappa shape index (κ3) is 3.69. The molecule has 6 nitrogen and oxygen atoms in total. The quantitative estimate of drug-likeness (QED) is 0.699. The zero-order valence-electron chi connectivity index (χ0n) is 15.9. The first-order valence-corrected chi connectivity index (χ1v) is 8.90. The molecule has 0 aliphatic heterocycles. The lowest BCUT2D eigenvalue weighted by molar-refractivity contribution is 0.0996. The predicted octanol–water partition coefficient (Wildman–Crippen LogP) is 3.11. The second kappa shape index (κ2) is 7.61. The molecule has 3 rings (SSSR count). The fourth-order valence-corrected chi connectivity index (χ4v) is 3.58. The van der Waals surface area contributed by atoms with E-state index in [1.54, 1.807) is 7.11 Å². The number of hydrogen-bond acceptors (Lipinski definition) is 5. The number of carbonyl (C=O) groups excluding carboxylic acids is 1. The molecule has 0 atom stereocenters. The van der Waals surface area contributed by atoms with Crippen LogP contribution in [0.15, 0.2) is 30.3 Å². The third-order valence-corrected chi connectivity index (χ3v) is 4.78. The van der Waals surface area contributed by atoms with Crippen molar-refractivity contribution in [2.75, 3.05) is 12.8 Å². The van der Waals surface area contributed by atoms with Crippen LogP contribution in [0.25, 0.3) is 10.9 Å². The van der Waals surface area contributed by atoms with E-state index in [0.717, 1.165) is 47.2 Å². The number of nitrogen functional groups attached to an aromatic ring is 1. The predicted molar refractivity (Wildman–Crippen MR) is 107 cm³/mol. The SMILES string of the molecule is COc1c(C)cc(CCCc2cccc3c(N)c(C(N)=O)nnc23)cc1C. The van der Waals surface area contributed by atoms with E-state index in [0.29, 0.717) is 5.39 Å². The molecule has 0 fully saturated rings. The molecule has 1 aromatic heterocycles. The monoisotopic (exact) mass is 364 g/mol. The second-order valence-electron chi connectivity index (χ2n) is 6.76. The van der Waals surface area contributed by atoms with Crippen LogP contribution in [-0.2, 0) is 12.8 Å². The number of carbonyl (C=O) groups is 1. The zero-order chi connectivity index (χ0) is 19.6. The summed E-state index contributed by atoms with van der Waals surface area (Å²) in [6.07, 6.45) is 2.75. The van der Waals surface area contributed by atoms with Gasteiger partial charge >= 0.3 is 0 Å². The number of nitrogens with two attached hydrogens (primary N) is 2. The van der Waals surface area contributed by atoms with Crippen LogP contribution in [0.1, 0.15) is 39.2 Å². The Morgan fingerprint density at radius 3 is 2.44 bits per heavy atom. The summed E-state index contributed by atoms with van der Waals surface area (Å²) >= 11 is 0. The van der Waals surface area contributed by atoms with Gasteiger partial charge in [-0.15, -0.1) is 10.2 Å². The molecular weight excluding hydrogens is 340 g/mol. The van der Waals surface area contributed by atoms with Crippen molar-refractivity contribution in [2.24, 2.45) is 5.73 Å². The van der Waals surface area contributed by atoms with Crippen molar-refractivity contribution in [1.29, 1.82) is 0 Å². The summed E-state index contributed by atoms with van der Waals surface area (Å²) in [4.78, 5) is 11.4. The van der Waals surface area contributed by atoms with Crippen molar-refractivity contribution in [2.45, 2.75) is 33.1 Å². The molecule has 0 spiro atoms. The molecule has 0 radical (unpaired) electrons. The van der Waals surface area contributed by atoms with Crippen molar-refractivity contribution in [3.8, 4) is 5.75 Å². The minimum atomic E-state index is -0.669. The number of anilines is 1. The van der Waals surface area contributed by atoms with Gasteiger partial charge in [0, 0.05) is 5.39 Å². The largest absolute Gasteiger partial charge is 0.496 e. The van der Waals surface area contributed by atoms with E-state index in [4.69, 9.17) is 16.2 Å². The van der Waals surface area contributed by atoms with E-state index in [1.165, 1.54) is 5.56 Å². The Morgan fingerprint density at radius 2 is 1.81 bits per heavy atom. The maximum Gasteiger partial charge on any atom is 0.271 e. The highest BCUT2D eigenvalue weighted by Crippen LogP contribution is 2.27. The molecule has 6 heteroatoms. The molecule has 0 saturated heterocycles. The fourth-order valence-electron chi connectivity index (χ4n) is 3.58. The molecule has 2 aromatic carbocycles. The summed E-state index contributed by atoms with van der Waals surface area (Å²) in [6, 6.07) is 10.1. The van der Waals surface area contributed by atoms with Crippen molar-refractivity contribution in [3.05, 3.63) is 58.3 Å². The minimum absolute atomic E-state index is 0.0174. The molecule has 1 amide bonds. The van der Waals surface area contributed by atoms with Crippen molar-refractivity contribution >= 4 is 22.5 Å². The lowest BCUT2D eigenvalue weighted by Crippen LogP contribution is -2.17. The summed E-state index contributed by atoms with van der Waals surface area (Å²) in [5, 5.41) is 8.82. The van der Waals surface area contributed by atoms with E-state index >= 15 is 0 Å². The Labute approximate surface area is 158 Å². The number of aromatic nitrogens is 2. The summed E-state index contributed by atoms with van der Waals surface area (Å²) in [7, 11) is 1.70. The first-order valence-electron chi connectivity index (χ1n) is 8.90. The maximum atomic E-state index is 11.4. The molecule has 0 saturated carbocycles. The molecule has 140 valence electrons. The number of ether oxygens (including phenoxy) is 1. The Hall–Kier alpha value is -3.15. The number of nitrogens with zero attached hydrogens (tertiary/aromatic N) is 2. The van der Waals surface area contributed by atoms with E-state index in [2.05, 4.69) is 36.2 Å². The van der Waals surface area contributed by atoms with Gasteiger partial charge in [0.2, 0.25) is 0 Å². The van der Waals surface area contributed by atoms with Crippen LogP contribution in [0, 0.1) is 13.8 Å². The van der Waals surface area contributed by atoms with E-state index in [1.807, 2.05) is 18.2 Å². The van der Waals surface area contributed by atoms with Crippen LogP contribution >= 0.6 is 0 Å². The van der Waals surface area contributed by atoms with Gasteiger partial charge in [-0.25, -0.2) is 0 Å². The van der Waals surface area contributed by atoms with Crippen LogP contribution in [0.2, 0.25) is 0 Å². The number of fused-ring (bicyclic) bond motifs is 1. The Bertz CT molecular complexity index is 991. The summed E-state index contributed by atoms with van der Waals surface area (Å²) in [5.74, 6) is 0.279. The number of amides is 1. The summed E-state index contributed by atoms with van der Waals surface area (Å²) in [6.45, 7) is 4.13. The van der Waals surface area contributed by atoms with Gasteiger partial charge < -0.3 is 16.2 Å². The average molecular weight is 364 g/mol. The summed E-state index contributed by atoms with van der Waals surface area (Å²) < 4.78 is 5.43. The number of methoxy groups -OCH3 is 1. The molecule has 0 aliphatic rings. The van der Waals surface area contributed by atoms with E-state index in [-0.39, 0.29) is 11.4 Å². The highest BCUT2D eigenvalue weighted by molar-refractivity contribution is 6.04. The van der Waals surface area contributed by atoms with Crippen molar-refractivity contribution in [3.63, 3.8) is 0 Å². The highest BCUT2D eigenvalue weighted by Gasteiger charge is 2.14. The number of primary amides is 1. The number of hydrogen-bond donors (Lipinski definition) is 2. The van der Waals surface area contributed by atoms with Gasteiger partial charge in [-0.05, 0) is 55.4 Å². The van der Waals surface area contributed by atoms with Crippen LogP contribution in [0.4, 0.5) is 5.69 Å². The van der Waals surface area contributed by atoms with E-state index in [9.17, 15) is 4.79 Å². The summed E-state index contributed by atoms with van der Waals surface area (Å²) in [5.41, 5.74) is 17.0. The lowest BCUT2D eigenvalue weighted by atomic mass is 9.98. The molecule has 27 heavy (non-hydrogen) atoms. The average Bonchev–Trinajstić information content (AvgIpc) is 2.62. The van der Waals surface area contributed by atoms with Crippen LogP contribution in [-0.4, -0.2) is 23.2 Å². The third-order valence-electron chi connectivity index (χ3n) is 4.78. The Balaban J connectivity index is 1.80. The first-order chi connectivity index (χ1) is 12.9. The maximum absolute atomic E-state index is 11.4. The highest BCUT2D eigenvalue weighted by atomic mass is 16.5. The molecule has 4 N–H and O–H groups in total. The van der Waals surface area contributed by atoms with Crippen LogP contribution < -0.4 is 16.2 Å². The molecule has 0 bridgehead atoms. The normalized spacial score (nSPS) is 10.9. The molecular formula is C21H24N4O2. The molecule has 0 aliphatic carbocycles. The van der Waals surface area contributed by atoms with Gasteiger partial charge in [0.1, 0.15) is 5.75 Å². The topological polar surface area (TPSA) is 104 Å². The van der Waals surface area contributed by atoms with Gasteiger partial charge in [0.05, 0.1) is 18.3 Å². The molecule has 1 heterocycles. The van der Waals surface area contributed by atoms with Crippen molar-refractivity contribution < 1.29 is 9.53 Å². The lowest BCUT2D eigenvalue weighted by Gasteiger charge is -2.12. The molecule has 0 unspecified atom stereocenters. The molecule has 3 aromatic rings. The van der Waals surface area contributed by atoms with Crippen molar-refractivity contribution in [1.82, 2.24) is 10.2 Å². The minimum Gasteiger partial charge on any atom is -0.496 e. The zero-order valence-corrected chi connectivity index (χ0v) is 15.9. The second-order valence-corrected chi connectivity index (χ2v) is 6.76.